The third-order valence-corrected chi connectivity index (χ3v) is 4.76. The van der Waals surface area contributed by atoms with Gasteiger partial charge in [-0.2, -0.15) is 4.89 Å². The van der Waals surface area contributed by atoms with Crippen LogP contribution in [0.25, 0.3) is 0 Å². The Morgan fingerprint density at radius 2 is 1.21 bits per heavy atom. The molecule has 0 unspecified atom stereocenters. The van der Waals surface area contributed by atoms with Gasteiger partial charge in [0.2, 0.25) is 0 Å². The molecule has 0 saturated carbocycles. The number of allylic oxidation sites excluding steroid dienone is 2. The van der Waals surface area contributed by atoms with E-state index in [1.54, 1.807) is 0 Å². The predicted molar refractivity (Wildman–Crippen MR) is 116 cm³/mol. The van der Waals surface area contributed by atoms with Crippen molar-refractivity contribution in [3.8, 4) is 0 Å². The van der Waals surface area contributed by atoms with E-state index >= 15 is 0 Å². The van der Waals surface area contributed by atoms with Crippen LogP contribution < -0.4 is 0 Å². The van der Waals surface area contributed by atoms with Gasteiger partial charge in [-0.05, 0) is 38.5 Å². The Morgan fingerprint density at radius 1 is 0.679 bits per heavy atom. The van der Waals surface area contributed by atoms with Crippen molar-refractivity contribution in [2.24, 2.45) is 0 Å². The fraction of sp³-hybridized carbons (Fsp3) is 0.833. The number of Topliss-reactive ketones (excluding diaryl/α,β-unsaturated/α-hetero) is 1. The quantitative estimate of drug-likeness (QED) is 0.0673. The predicted octanol–water partition coefficient (Wildman–Crippen LogP) is 7.26. The summed E-state index contributed by atoms with van der Waals surface area (Å²) in [7, 11) is 0. The molecule has 0 aliphatic heterocycles. The van der Waals surface area contributed by atoms with Gasteiger partial charge >= 0.3 is 5.97 Å². The van der Waals surface area contributed by atoms with E-state index < -0.39 is 5.97 Å². The second-order valence-electron chi connectivity index (χ2n) is 7.68. The average Bonchev–Trinajstić information content (AvgIpc) is 2.67. The van der Waals surface area contributed by atoms with Crippen LogP contribution in [0.15, 0.2) is 12.2 Å². The van der Waals surface area contributed by atoms with E-state index in [-0.39, 0.29) is 12.2 Å². The summed E-state index contributed by atoms with van der Waals surface area (Å²) in [6.07, 6.45) is 23.3. The maximum atomic E-state index is 11.3. The summed E-state index contributed by atoms with van der Waals surface area (Å²) in [5.41, 5.74) is 0. The zero-order valence-corrected chi connectivity index (χ0v) is 18.5. The molecular weight excluding hydrogens is 352 g/mol. The fourth-order valence-corrected chi connectivity index (χ4v) is 3.07. The Morgan fingerprint density at radius 3 is 1.79 bits per heavy atom. The smallest absolute Gasteiger partial charge is 0.299 e. The number of carbonyl (C=O) groups excluding carboxylic acids is 2. The molecule has 0 bridgehead atoms. The lowest BCUT2D eigenvalue weighted by atomic mass is 10.1. The zero-order chi connectivity index (χ0) is 20.7. The van der Waals surface area contributed by atoms with E-state index in [1.807, 2.05) is 6.92 Å². The average molecular weight is 397 g/mol. The molecule has 0 aromatic rings. The molecule has 0 amide bonds. The third kappa shape index (κ3) is 21.1. The first-order valence-corrected chi connectivity index (χ1v) is 11.7. The molecule has 0 spiro atoms. The number of rotatable bonds is 21. The Hall–Kier alpha value is -1.16. The minimum Gasteiger partial charge on any atom is -0.299 e. The van der Waals surface area contributed by atoms with Crippen LogP contribution in [0.3, 0.4) is 0 Å². The van der Waals surface area contributed by atoms with Crippen molar-refractivity contribution in [1.29, 1.82) is 0 Å². The van der Waals surface area contributed by atoms with E-state index in [0.29, 0.717) is 13.0 Å². The molecular formula is C24H44O4. The van der Waals surface area contributed by atoms with Crippen LogP contribution in [-0.2, 0) is 19.4 Å². The molecule has 0 heterocycles. The maximum absolute atomic E-state index is 11.3. The van der Waals surface area contributed by atoms with Crippen LogP contribution in [0.1, 0.15) is 123 Å². The molecule has 0 radical (unpaired) electrons. The van der Waals surface area contributed by atoms with E-state index in [2.05, 4.69) is 24.0 Å². The number of unbranched alkanes of at least 4 members (excludes halogenated alkanes) is 12. The van der Waals surface area contributed by atoms with Crippen molar-refractivity contribution in [1.82, 2.24) is 0 Å². The highest BCUT2D eigenvalue weighted by molar-refractivity contribution is 5.95. The minimum absolute atomic E-state index is 0.0895. The molecule has 0 fully saturated rings. The van der Waals surface area contributed by atoms with Crippen molar-refractivity contribution in [3.63, 3.8) is 0 Å². The summed E-state index contributed by atoms with van der Waals surface area (Å²) in [6.45, 7) is 4.58. The normalized spacial score (nSPS) is 11.2. The van der Waals surface area contributed by atoms with Gasteiger partial charge in [0.25, 0.3) is 0 Å². The maximum Gasteiger partial charge on any atom is 0.349 e. The third-order valence-electron chi connectivity index (χ3n) is 4.76. The number of ketones is 1. The lowest BCUT2D eigenvalue weighted by molar-refractivity contribution is -0.272. The first kappa shape index (κ1) is 26.8. The summed E-state index contributed by atoms with van der Waals surface area (Å²) in [5.74, 6) is -0.670. The summed E-state index contributed by atoms with van der Waals surface area (Å²) < 4.78 is 0. The van der Waals surface area contributed by atoms with E-state index in [1.165, 1.54) is 77.0 Å². The Kier molecular flexibility index (Phi) is 21.2. The lowest BCUT2D eigenvalue weighted by Gasteiger charge is -2.03. The zero-order valence-electron chi connectivity index (χ0n) is 18.5. The van der Waals surface area contributed by atoms with Crippen molar-refractivity contribution >= 4 is 11.8 Å². The highest BCUT2D eigenvalue weighted by Crippen LogP contribution is 2.10. The molecule has 4 heteroatoms. The van der Waals surface area contributed by atoms with Crippen LogP contribution in [0, 0.1) is 0 Å². The van der Waals surface area contributed by atoms with Gasteiger partial charge in [-0.15, -0.1) is 0 Å². The highest BCUT2D eigenvalue weighted by atomic mass is 17.2. The molecule has 0 aromatic carbocycles. The van der Waals surface area contributed by atoms with Crippen LogP contribution >= 0.6 is 0 Å². The fourth-order valence-electron chi connectivity index (χ4n) is 3.07. The van der Waals surface area contributed by atoms with Crippen LogP contribution in [0.5, 0.6) is 0 Å². The van der Waals surface area contributed by atoms with Crippen molar-refractivity contribution in [2.45, 2.75) is 123 Å². The van der Waals surface area contributed by atoms with E-state index in [0.717, 1.165) is 19.3 Å². The Labute approximate surface area is 173 Å². The van der Waals surface area contributed by atoms with Crippen LogP contribution in [0.2, 0.25) is 0 Å². The standard InChI is InChI=1S/C24H44O4/c1-3-5-6-7-8-9-10-11-12-13-14-15-16-17-18-19-21-27-28-24(26)22-23(25)20-4-2/h11-12H,3-10,13-22H2,1-2H3/b12-11-. The molecule has 0 N–H and O–H groups in total. The molecule has 28 heavy (non-hydrogen) atoms. The second kappa shape index (κ2) is 22.1. The number of hydrogen-bond acceptors (Lipinski definition) is 4. The van der Waals surface area contributed by atoms with Gasteiger partial charge in [0, 0.05) is 6.42 Å². The van der Waals surface area contributed by atoms with Crippen molar-refractivity contribution in [2.75, 3.05) is 6.61 Å². The topological polar surface area (TPSA) is 52.6 Å². The van der Waals surface area contributed by atoms with Gasteiger partial charge in [-0.25, -0.2) is 4.79 Å². The molecule has 0 aliphatic carbocycles. The van der Waals surface area contributed by atoms with Crippen LogP contribution in [0.4, 0.5) is 0 Å². The van der Waals surface area contributed by atoms with E-state index in [4.69, 9.17) is 4.89 Å². The first-order valence-electron chi connectivity index (χ1n) is 11.7. The lowest BCUT2D eigenvalue weighted by Crippen LogP contribution is -2.11. The van der Waals surface area contributed by atoms with Gasteiger partial charge in [-0.1, -0.05) is 83.8 Å². The molecule has 4 nitrogen and oxygen atoms in total. The number of hydrogen-bond donors (Lipinski definition) is 0. The largest absolute Gasteiger partial charge is 0.349 e. The molecule has 0 aliphatic rings. The molecule has 0 atom stereocenters. The Bertz CT molecular complexity index is 390. The van der Waals surface area contributed by atoms with Gasteiger partial charge in [-0.3, -0.25) is 9.68 Å². The SMILES string of the molecule is CCCCCCCC/C=C\CCCCCCCCOOC(=O)CC(=O)CCC. The van der Waals surface area contributed by atoms with E-state index in [9.17, 15) is 9.59 Å². The van der Waals surface area contributed by atoms with Gasteiger partial charge in [0.1, 0.15) is 12.2 Å². The molecule has 0 aromatic heterocycles. The highest BCUT2D eigenvalue weighted by Gasteiger charge is 2.10. The summed E-state index contributed by atoms with van der Waals surface area (Å²) in [5, 5.41) is 0. The summed E-state index contributed by atoms with van der Waals surface area (Å²) >= 11 is 0. The Balaban J connectivity index is 3.22. The van der Waals surface area contributed by atoms with Crippen molar-refractivity contribution in [3.05, 3.63) is 12.2 Å². The van der Waals surface area contributed by atoms with Gasteiger partial charge in [0.05, 0.1) is 6.61 Å². The van der Waals surface area contributed by atoms with Gasteiger partial charge < -0.3 is 0 Å². The second-order valence-corrected chi connectivity index (χ2v) is 7.68. The molecule has 164 valence electrons. The minimum atomic E-state index is -0.581. The number of carbonyl (C=O) groups is 2. The monoisotopic (exact) mass is 396 g/mol. The van der Waals surface area contributed by atoms with Gasteiger partial charge in [0.15, 0.2) is 0 Å². The summed E-state index contributed by atoms with van der Waals surface area (Å²) in [6, 6.07) is 0. The molecule has 0 saturated heterocycles. The van der Waals surface area contributed by atoms with Crippen molar-refractivity contribution < 1.29 is 19.4 Å². The van der Waals surface area contributed by atoms with Crippen LogP contribution in [-0.4, -0.2) is 18.4 Å². The molecule has 0 rings (SSSR count). The summed E-state index contributed by atoms with van der Waals surface area (Å²) in [4.78, 5) is 32.1. The first-order chi connectivity index (χ1) is 13.7.